The summed E-state index contributed by atoms with van der Waals surface area (Å²) >= 11 is 0. The van der Waals surface area contributed by atoms with Gasteiger partial charge in [0.05, 0.1) is 23.9 Å². The van der Waals surface area contributed by atoms with Crippen molar-refractivity contribution in [3.63, 3.8) is 0 Å². The fourth-order valence-electron chi connectivity index (χ4n) is 4.84. The topological polar surface area (TPSA) is 87.1 Å². The van der Waals surface area contributed by atoms with Crippen LogP contribution in [0, 0.1) is 0 Å². The molecule has 186 valence electrons. The third-order valence-electron chi connectivity index (χ3n) is 6.71. The normalized spacial score (nSPS) is 16.9. The van der Waals surface area contributed by atoms with Gasteiger partial charge in [-0.2, -0.15) is 0 Å². The SMILES string of the molecule is CCOc1cc(C2/C(=C(\O)c3ccc(CC)cc3)C(=O)C(=O)N2c2cccc3ccccc23)ccc1O. The Kier molecular flexibility index (Phi) is 6.40. The number of Topliss-reactive ketones (excluding diaryl/α,β-unsaturated/α-hetero) is 1. The third-order valence-corrected chi connectivity index (χ3v) is 6.71. The Balaban J connectivity index is 1.77. The fourth-order valence-corrected chi connectivity index (χ4v) is 4.84. The van der Waals surface area contributed by atoms with Crippen LogP contribution in [0.3, 0.4) is 0 Å². The molecule has 0 saturated carbocycles. The summed E-state index contributed by atoms with van der Waals surface area (Å²) in [6, 6.07) is 24.2. The van der Waals surface area contributed by atoms with Crippen molar-refractivity contribution in [1.29, 1.82) is 0 Å². The molecule has 1 amide bonds. The van der Waals surface area contributed by atoms with Gasteiger partial charge in [0, 0.05) is 10.9 Å². The zero-order valence-electron chi connectivity index (χ0n) is 20.6. The van der Waals surface area contributed by atoms with Crippen LogP contribution < -0.4 is 9.64 Å². The van der Waals surface area contributed by atoms with Gasteiger partial charge in [0.2, 0.25) is 0 Å². The number of benzene rings is 4. The lowest BCUT2D eigenvalue weighted by atomic mass is 9.94. The molecule has 0 aromatic heterocycles. The molecule has 6 heteroatoms. The number of nitrogens with zero attached hydrogens (tertiary/aromatic N) is 1. The second kappa shape index (κ2) is 9.82. The van der Waals surface area contributed by atoms with Crippen molar-refractivity contribution in [2.24, 2.45) is 0 Å². The largest absolute Gasteiger partial charge is 0.507 e. The maximum atomic E-state index is 13.6. The molecule has 1 atom stereocenters. The van der Waals surface area contributed by atoms with Crippen LogP contribution in [0.25, 0.3) is 16.5 Å². The molecule has 5 rings (SSSR count). The minimum absolute atomic E-state index is 0.0182. The summed E-state index contributed by atoms with van der Waals surface area (Å²) in [5, 5.41) is 23.4. The number of fused-ring (bicyclic) bond motifs is 1. The van der Waals surface area contributed by atoms with Gasteiger partial charge >= 0.3 is 0 Å². The molecule has 1 heterocycles. The number of ether oxygens (including phenoxy) is 1. The molecule has 1 aliphatic rings. The Labute approximate surface area is 215 Å². The molecule has 4 aromatic rings. The van der Waals surface area contributed by atoms with Crippen LogP contribution in [0.15, 0.2) is 90.5 Å². The number of ketones is 1. The Morgan fingerprint density at radius 2 is 1.65 bits per heavy atom. The van der Waals surface area contributed by atoms with Gasteiger partial charge in [0.15, 0.2) is 11.5 Å². The fraction of sp³-hybridized carbons (Fsp3) is 0.161. The molecule has 4 aromatic carbocycles. The average Bonchev–Trinajstić information content (AvgIpc) is 3.19. The maximum absolute atomic E-state index is 13.6. The summed E-state index contributed by atoms with van der Waals surface area (Å²) in [4.78, 5) is 28.6. The molecule has 0 radical (unpaired) electrons. The van der Waals surface area contributed by atoms with Crippen LogP contribution in [-0.4, -0.2) is 28.5 Å². The van der Waals surface area contributed by atoms with E-state index < -0.39 is 17.7 Å². The molecule has 0 aliphatic carbocycles. The van der Waals surface area contributed by atoms with Crippen molar-refractivity contribution >= 4 is 33.9 Å². The predicted octanol–water partition coefficient (Wildman–Crippen LogP) is 6.13. The van der Waals surface area contributed by atoms with Crippen molar-refractivity contribution in [2.45, 2.75) is 26.3 Å². The number of aryl methyl sites for hydroxylation is 1. The zero-order valence-corrected chi connectivity index (χ0v) is 20.6. The number of aromatic hydroxyl groups is 1. The van der Waals surface area contributed by atoms with Crippen molar-refractivity contribution in [2.75, 3.05) is 11.5 Å². The van der Waals surface area contributed by atoms with Gasteiger partial charge in [-0.05, 0) is 48.1 Å². The predicted molar refractivity (Wildman–Crippen MR) is 144 cm³/mol. The van der Waals surface area contributed by atoms with Crippen molar-refractivity contribution in [3.8, 4) is 11.5 Å². The van der Waals surface area contributed by atoms with E-state index >= 15 is 0 Å². The minimum atomic E-state index is -0.934. The monoisotopic (exact) mass is 493 g/mol. The van der Waals surface area contributed by atoms with Crippen molar-refractivity contribution < 1.29 is 24.5 Å². The first-order valence-corrected chi connectivity index (χ1v) is 12.3. The lowest BCUT2D eigenvalue weighted by Crippen LogP contribution is -2.29. The summed E-state index contributed by atoms with van der Waals surface area (Å²) in [5.41, 5.74) is 2.60. The first-order valence-electron chi connectivity index (χ1n) is 12.3. The quantitative estimate of drug-likeness (QED) is 0.192. The number of phenols is 1. The first-order chi connectivity index (χ1) is 17.9. The van der Waals surface area contributed by atoms with E-state index in [0.717, 1.165) is 22.8 Å². The number of aliphatic hydroxyl groups is 1. The van der Waals surface area contributed by atoms with Gasteiger partial charge in [0.1, 0.15) is 5.76 Å². The van der Waals surface area contributed by atoms with Gasteiger partial charge in [-0.3, -0.25) is 14.5 Å². The lowest BCUT2D eigenvalue weighted by molar-refractivity contribution is -0.132. The number of aliphatic hydroxyl groups excluding tert-OH is 1. The molecule has 0 spiro atoms. The van der Waals surface area contributed by atoms with Crippen LogP contribution in [0.5, 0.6) is 11.5 Å². The summed E-state index contributed by atoms with van der Waals surface area (Å²) in [5.74, 6) is -1.58. The Bertz CT molecular complexity index is 1530. The number of rotatable bonds is 6. The van der Waals surface area contributed by atoms with Crippen LogP contribution in [0.1, 0.15) is 36.6 Å². The van der Waals surface area contributed by atoms with Gasteiger partial charge in [0.25, 0.3) is 11.7 Å². The highest BCUT2D eigenvalue weighted by molar-refractivity contribution is 6.52. The van der Waals surface area contributed by atoms with Crippen LogP contribution in [0.2, 0.25) is 0 Å². The molecule has 0 bridgehead atoms. The third kappa shape index (κ3) is 4.20. The first kappa shape index (κ1) is 24.1. The minimum Gasteiger partial charge on any atom is -0.507 e. The Hall–Kier alpha value is -4.58. The number of anilines is 1. The summed E-state index contributed by atoms with van der Waals surface area (Å²) in [6.45, 7) is 4.16. The van der Waals surface area contributed by atoms with Crippen LogP contribution in [-0.2, 0) is 16.0 Å². The Morgan fingerprint density at radius 3 is 2.38 bits per heavy atom. The second-order valence-electron chi connectivity index (χ2n) is 8.88. The average molecular weight is 494 g/mol. The van der Waals surface area contributed by atoms with E-state index in [-0.39, 0.29) is 22.8 Å². The van der Waals surface area contributed by atoms with E-state index in [1.54, 1.807) is 37.3 Å². The van der Waals surface area contributed by atoms with E-state index in [4.69, 9.17) is 4.74 Å². The molecule has 2 N–H and O–H groups in total. The molecular formula is C31H27NO5. The van der Waals surface area contributed by atoms with Crippen molar-refractivity contribution in [1.82, 2.24) is 0 Å². The number of phenolic OH excluding ortho intramolecular Hbond substituents is 1. The molecule has 1 saturated heterocycles. The standard InChI is InChI=1S/C31H27NO5/c1-3-19-12-14-21(15-13-19)29(34)27-28(22-16-17-25(33)26(18-22)37-4-2)32(31(36)30(27)35)24-11-7-9-20-8-5-6-10-23(20)24/h5-18,28,33-34H,3-4H2,1-2H3/b29-27+. The van der Waals surface area contributed by atoms with Gasteiger partial charge in [-0.25, -0.2) is 0 Å². The zero-order chi connectivity index (χ0) is 26.1. The smallest absolute Gasteiger partial charge is 0.300 e. The lowest BCUT2D eigenvalue weighted by Gasteiger charge is -2.27. The maximum Gasteiger partial charge on any atom is 0.300 e. The molecule has 1 unspecified atom stereocenters. The summed E-state index contributed by atoms with van der Waals surface area (Å²) in [7, 11) is 0. The number of carbonyl (C=O) groups is 2. The molecule has 37 heavy (non-hydrogen) atoms. The number of hydrogen-bond acceptors (Lipinski definition) is 5. The second-order valence-corrected chi connectivity index (χ2v) is 8.88. The van der Waals surface area contributed by atoms with Crippen LogP contribution in [0.4, 0.5) is 5.69 Å². The molecule has 1 aliphatic heterocycles. The van der Waals surface area contributed by atoms with E-state index in [0.29, 0.717) is 23.4 Å². The molecule has 1 fully saturated rings. The summed E-state index contributed by atoms with van der Waals surface area (Å²) < 4.78 is 5.59. The van der Waals surface area contributed by atoms with Gasteiger partial charge in [-0.1, -0.05) is 73.7 Å². The number of carbonyl (C=O) groups excluding carboxylic acids is 2. The molecular weight excluding hydrogens is 466 g/mol. The number of hydrogen-bond donors (Lipinski definition) is 2. The summed E-state index contributed by atoms with van der Waals surface area (Å²) in [6.07, 6.45) is 0.834. The highest BCUT2D eigenvalue weighted by Crippen LogP contribution is 2.45. The Morgan fingerprint density at radius 1 is 0.919 bits per heavy atom. The van der Waals surface area contributed by atoms with Gasteiger partial charge < -0.3 is 14.9 Å². The molecule has 6 nitrogen and oxygen atoms in total. The van der Waals surface area contributed by atoms with Gasteiger partial charge in [-0.15, -0.1) is 0 Å². The van der Waals surface area contributed by atoms with E-state index in [9.17, 15) is 19.8 Å². The number of amides is 1. The highest BCUT2D eigenvalue weighted by Gasteiger charge is 2.47. The van der Waals surface area contributed by atoms with Crippen molar-refractivity contribution in [3.05, 3.63) is 107 Å². The van der Waals surface area contributed by atoms with E-state index in [1.165, 1.54) is 11.0 Å². The van der Waals surface area contributed by atoms with Crippen LogP contribution >= 0.6 is 0 Å². The van der Waals surface area contributed by atoms with E-state index in [2.05, 4.69) is 0 Å². The van der Waals surface area contributed by atoms with E-state index in [1.807, 2.05) is 55.5 Å². The highest BCUT2D eigenvalue weighted by atomic mass is 16.5.